The molecule has 0 aliphatic heterocycles. The van der Waals surface area contributed by atoms with Gasteiger partial charge in [-0.1, -0.05) is 19.9 Å². The molecule has 0 aliphatic rings. The average Bonchev–Trinajstić information content (AvgIpc) is 2.92. The molecular weight excluding hydrogens is 264 g/mol. The number of amides is 1. The van der Waals surface area contributed by atoms with Crippen LogP contribution in [0, 0.1) is 5.41 Å². The summed E-state index contributed by atoms with van der Waals surface area (Å²) in [5.41, 5.74) is 4.91. The fraction of sp³-hybridized carbons (Fsp3) is 0.538. The first-order chi connectivity index (χ1) is 8.96. The third kappa shape index (κ3) is 3.54. The fourth-order valence-corrected chi connectivity index (χ4v) is 2.57. The zero-order valence-corrected chi connectivity index (χ0v) is 12.0. The lowest BCUT2D eigenvalue weighted by Crippen LogP contribution is -2.44. The Morgan fingerprint density at radius 2 is 2.11 bits per heavy atom. The summed E-state index contributed by atoms with van der Waals surface area (Å²) in [4.78, 5) is 24.0. The van der Waals surface area contributed by atoms with Gasteiger partial charge in [0.1, 0.15) is 6.04 Å². The molecule has 4 N–H and O–H groups in total. The highest BCUT2D eigenvalue weighted by Gasteiger charge is 2.35. The van der Waals surface area contributed by atoms with Crippen molar-refractivity contribution in [1.82, 2.24) is 5.32 Å². The van der Waals surface area contributed by atoms with E-state index in [9.17, 15) is 14.7 Å². The van der Waals surface area contributed by atoms with Gasteiger partial charge in [0.05, 0.1) is 5.41 Å². The molecule has 106 valence electrons. The van der Waals surface area contributed by atoms with Gasteiger partial charge >= 0.3 is 5.97 Å². The minimum Gasteiger partial charge on any atom is -0.481 e. The first kappa shape index (κ1) is 15.7. The van der Waals surface area contributed by atoms with Crippen LogP contribution in [0.4, 0.5) is 0 Å². The monoisotopic (exact) mass is 284 g/mol. The predicted octanol–water partition coefficient (Wildman–Crippen LogP) is 1.76. The third-order valence-electron chi connectivity index (χ3n) is 3.54. The number of thiophene rings is 1. The number of nitrogens with two attached hydrogens (primary N) is 1. The standard InChI is InChI=1S/C13H20N2O3S/c1-3-13(4-2,12(17)18)8-15-11(16)10(14)9-6-5-7-19-9/h5-7,10H,3-4,8,14H2,1-2H3,(H,15,16)(H,17,18). The van der Waals surface area contributed by atoms with E-state index in [1.807, 2.05) is 25.3 Å². The summed E-state index contributed by atoms with van der Waals surface area (Å²) in [6.45, 7) is 3.72. The minimum atomic E-state index is -0.912. The molecule has 0 spiro atoms. The van der Waals surface area contributed by atoms with Gasteiger partial charge in [-0.15, -0.1) is 11.3 Å². The Morgan fingerprint density at radius 1 is 1.47 bits per heavy atom. The molecule has 1 rings (SSSR count). The number of hydrogen-bond acceptors (Lipinski definition) is 4. The number of carboxylic acids is 1. The van der Waals surface area contributed by atoms with E-state index in [1.165, 1.54) is 11.3 Å². The summed E-state index contributed by atoms with van der Waals surface area (Å²) < 4.78 is 0. The van der Waals surface area contributed by atoms with E-state index < -0.39 is 17.4 Å². The number of carbonyl (C=O) groups is 2. The Bertz CT molecular complexity index is 427. The van der Waals surface area contributed by atoms with Crippen molar-refractivity contribution in [3.63, 3.8) is 0 Å². The molecule has 1 unspecified atom stereocenters. The Hall–Kier alpha value is -1.40. The average molecular weight is 284 g/mol. The van der Waals surface area contributed by atoms with Crippen LogP contribution in [0.1, 0.15) is 37.6 Å². The van der Waals surface area contributed by atoms with Crippen molar-refractivity contribution in [2.24, 2.45) is 11.1 Å². The summed E-state index contributed by atoms with van der Waals surface area (Å²) in [7, 11) is 0. The van der Waals surface area contributed by atoms with Crippen LogP contribution in [0.25, 0.3) is 0 Å². The lowest BCUT2D eigenvalue weighted by Gasteiger charge is -2.27. The van der Waals surface area contributed by atoms with Crippen LogP contribution in [0.2, 0.25) is 0 Å². The topological polar surface area (TPSA) is 92.4 Å². The summed E-state index contributed by atoms with van der Waals surface area (Å²) in [5, 5.41) is 13.8. The number of hydrogen-bond donors (Lipinski definition) is 3. The second-order valence-corrected chi connectivity index (χ2v) is 5.48. The van der Waals surface area contributed by atoms with E-state index >= 15 is 0 Å². The van der Waals surface area contributed by atoms with Crippen LogP contribution in [-0.2, 0) is 9.59 Å². The molecule has 1 heterocycles. The van der Waals surface area contributed by atoms with Crippen molar-refractivity contribution in [1.29, 1.82) is 0 Å². The minimum absolute atomic E-state index is 0.104. The maximum absolute atomic E-state index is 11.9. The molecule has 0 radical (unpaired) electrons. The summed E-state index contributed by atoms with van der Waals surface area (Å²) in [5.74, 6) is -1.22. The molecule has 1 aromatic heterocycles. The summed E-state index contributed by atoms with van der Waals surface area (Å²) >= 11 is 1.41. The number of rotatable bonds is 7. The highest BCUT2D eigenvalue weighted by atomic mass is 32.1. The molecule has 0 saturated carbocycles. The molecule has 1 aromatic rings. The molecule has 1 atom stereocenters. The Kier molecular flexibility index (Phi) is 5.50. The molecular formula is C13H20N2O3S. The molecule has 0 bridgehead atoms. The maximum Gasteiger partial charge on any atom is 0.311 e. The fourth-order valence-electron chi connectivity index (χ4n) is 1.84. The summed E-state index contributed by atoms with van der Waals surface area (Å²) in [6.07, 6.45) is 0.931. The first-order valence-electron chi connectivity index (χ1n) is 6.27. The zero-order valence-electron chi connectivity index (χ0n) is 11.2. The lowest BCUT2D eigenvalue weighted by molar-refractivity contribution is -0.149. The molecule has 6 heteroatoms. The van der Waals surface area contributed by atoms with Crippen LogP contribution in [-0.4, -0.2) is 23.5 Å². The van der Waals surface area contributed by atoms with E-state index in [2.05, 4.69) is 5.32 Å². The molecule has 5 nitrogen and oxygen atoms in total. The highest BCUT2D eigenvalue weighted by molar-refractivity contribution is 7.10. The second kappa shape index (κ2) is 6.68. The van der Waals surface area contributed by atoms with E-state index in [-0.39, 0.29) is 12.5 Å². The van der Waals surface area contributed by atoms with Gasteiger partial charge in [-0.25, -0.2) is 0 Å². The molecule has 0 saturated heterocycles. The van der Waals surface area contributed by atoms with E-state index in [0.717, 1.165) is 4.88 Å². The number of carboxylic acid groups (broad SMARTS) is 1. The van der Waals surface area contributed by atoms with Crippen LogP contribution < -0.4 is 11.1 Å². The van der Waals surface area contributed by atoms with E-state index in [4.69, 9.17) is 5.73 Å². The normalized spacial score (nSPS) is 13.0. The third-order valence-corrected chi connectivity index (χ3v) is 4.50. The van der Waals surface area contributed by atoms with Crippen molar-refractivity contribution in [3.05, 3.63) is 22.4 Å². The number of carbonyl (C=O) groups excluding carboxylic acids is 1. The predicted molar refractivity (Wildman–Crippen MR) is 74.9 cm³/mol. The van der Waals surface area contributed by atoms with Crippen molar-refractivity contribution < 1.29 is 14.7 Å². The smallest absolute Gasteiger partial charge is 0.311 e. The van der Waals surface area contributed by atoms with Gasteiger partial charge in [0.25, 0.3) is 0 Å². The van der Waals surface area contributed by atoms with Crippen molar-refractivity contribution in [2.75, 3.05) is 6.54 Å². The molecule has 0 fully saturated rings. The van der Waals surface area contributed by atoms with Crippen molar-refractivity contribution >= 4 is 23.2 Å². The largest absolute Gasteiger partial charge is 0.481 e. The van der Waals surface area contributed by atoms with Crippen LogP contribution >= 0.6 is 11.3 Å². The van der Waals surface area contributed by atoms with Crippen molar-refractivity contribution in [2.45, 2.75) is 32.7 Å². The second-order valence-electron chi connectivity index (χ2n) is 4.50. The van der Waals surface area contributed by atoms with Gasteiger partial charge in [0.2, 0.25) is 5.91 Å². The van der Waals surface area contributed by atoms with Crippen molar-refractivity contribution in [3.8, 4) is 0 Å². The van der Waals surface area contributed by atoms with Gasteiger partial charge in [-0.3, -0.25) is 9.59 Å². The number of aliphatic carboxylic acids is 1. The van der Waals surface area contributed by atoms with Crippen LogP contribution in [0.5, 0.6) is 0 Å². The van der Waals surface area contributed by atoms with Gasteiger partial charge in [-0.05, 0) is 24.3 Å². The lowest BCUT2D eigenvalue weighted by atomic mass is 9.82. The Labute approximate surface area is 116 Å². The summed E-state index contributed by atoms with van der Waals surface area (Å²) in [6, 6.07) is 2.88. The molecule has 19 heavy (non-hydrogen) atoms. The quantitative estimate of drug-likeness (QED) is 0.711. The van der Waals surface area contributed by atoms with Gasteiger partial charge in [0.15, 0.2) is 0 Å². The number of nitrogens with one attached hydrogen (secondary N) is 1. The first-order valence-corrected chi connectivity index (χ1v) is 7.15. The molecule has 1 amide bonds. The maximum atomic E-state index is 11.9. The van der Waals surface area contributed by atoms with Gasteiger partial charge in [-0.2, -0.15) is 0 Å². The van der Waals surface area contributed by atoms with Gasteiger partial charge < -0.3 is 16.2 Å². The molecule has 0 aliphatic carbocycles. The SMILES string of the molecule is CCC(CC)(CNC(=O)C(N)c1cccs1)C(=O)O. The van der Waals surface area contributed by atoms with Crippen LogP contribution in [0.3, 0.4) is 0 Å². The van der Waals surface area contributed by atoms with Gasteiger partial charge in [0, 0.05) is 11.4 Å². The van der Waals surface area contributed by atoms with E-state index in [1.54, 1.807) is 6.07 Å². The zero-order chi connectivity index (χ0) is 14.5. The highest BCUT2D eigenvalue weighted by Crippen LogP contribution is 2.26. The Balaban J connectivity index is 2.65. The van der Waals surface area contributed by atoms with Crippen LogP contribution in [0.15, 0.2) is 17.5 Å². The molecule has 0 aromatic carbocycles. The Morgan fingerprint density at radius 3 is 2.53 bits per heavy atom. The van der Waals surface area contributed by atoms with E-state index in [0.29, 0.717) is 12.8 Å².